The van der Waals surface area contributed by atoms with Gasteiger partial charge in [-0.15, -0.1) is 0 Å². The van der Waals surface area contributed by atoms with Crippen molar-refractivity contribution in [1.29, 1.82) is 0 Å². The number of ether oxygens (including phenoxy) is 1. The van der Waals surface area contributed by atoms with Crippen LogP contribution in [0.15, 0.2) is 0 Å². The van der Waals surface area contributed by atoms with E-state index in [4.69, 9.17) is 4.74 Å². The molecule has 1 aliphatic heterocycles. The molecule has 82 valence electrons. The number of nitrogens with zero attached hydrogens (tertiary/aromatic N) is 1. The van der Waals surface area contributed by atoms with Crippen molar-refractivity contribution >= 4 is 0 Å². The number of hydrogen-bond donors (Lipinski definition) is 1. The largest absolute Gasteiger partial charge is 0.373 e. The molecule has 1 heterocycles. The van der Waals surface area contributed by atoms with E-state index in [0.29, 0.717) is 0 Å². The van der Waals surface area contributed by atoms with Crippen LogP contribution in [0.3, 0.4) is 0 Å². The molecular formula is C11H22N2O. The second kappa shape index (κ2) is 4.17. The molecule has 2 fully saturated rings. The van der Waals surface area contributed by atoms with Crippen LogP contribution in [-0.4, -0.2) is 49.8 Å². The number of likely N-dealkylation sites (N-methyl/N-ethyl adjacent to an activating group) is 1. The van der Waals surface area contributed by atoms with E-state index in [0.717, 1.165) is 25.7 Å². The first-order valence-electron chi connectivity index (χ1n) is 5.82. The third-order valence-corrected chi connectivity index (χ3v) is 3.36. The Labute approximate surface area is 86.8 Å². The summed E-state index contributed by atoms with van der Waals surface area (Å²) < 4.78 is 5.93. The monoisotopic (exact) mass is 198 g/mol. The molecule has 14 heavy (non-hydrogen) atoms. The van der Waals surface area contributed by atoms with Crippen molar-refractivity contribution in [3.8, 4) is 0 Å². The zero-order valence-corrected chi connectivity index (χ0v) is 9.38. The standard InChI is InChI=1S/C11H22N2O/c1-3-14-11(8-12-2)6-7-13(9-11)10-4-5-10/h10,12H,3-9H2,1-2H3. The Morgan fingerprint density at radius 3 is 2.86 bits per heavy atom. The minimum atomic E-state index is 0.103. The molecule has 1 saturated heterocycles. The van der Waals surface area contributed by atoms with Crippen LogP contribution in [0.2, 0.25) is 0 Å². The molecule has 2 aliphatic rings. The molecule has 0 aromatic rings. The second-order valence-corrected chi connectivity index (χ2v) is 4.60. The highest BCUT2D eigenvalue weighted by atomic mass is 16.5. The van der Waals surface area contributed by atoms with Crippen LogP contribution < -0.4 is 5.32 Å². The first-order valence-corrected chi connectivity index (χ1v) is 5.82. The van der Waals surface area contributed by atoms with Crippen molar-refractivity contribution in [1.82, 2.24) is 10.2 Å². The number of nitrogens with one attached hydrogen (secondary N) is 1. The molecule has 0 spiro atoms. The van der Waals surface area contributed by atoms with Gasteiger partial charge < -0.3 is 10.1 Å². The van der Waals surface area contributed by atoms with Gasteiger partial charge in [0.1, 0.15) is 0 Å². The topological polar surface area (TPSA) is 24.5 Å². The Bertz CT molecular complexity index is 186. The maximum atomic E-state index is 5.93. The molecule has 0 radical (unpaired) electrons. The van der Waals surface area contributed by atoms with E-state index in [-0.39, 0.29) is 5.60 Å². The maximum absolute atomic E-state index is 5.93. The van der Waals surface area contributed by atoms with E-state index in [1.54, 1.807) is 0 Å². The lowest BCUT2D eigenvalue weighted by atomic mass is 10.0. The Morgan fingerprint density at radius 1 is 1.50 bits per heavy atom. The molecule has 1 unspecified atom stereocenters. The summed E-state index contributed by atoms with van der Waals surface area (Å²) in [6.07, 6.45) is 4.00. The third kappa shape index (κ3) is 2.10. The fraction of sp³-hybridized carbons (Fsp3) is 1.00. The minimum Gasteiger partial charge on any atom is -0.373 e. The van der Waals surface area contributed by atoms with Gasteiger partial charge in [-0.3, -0.25) is 4.90 Å². The minimum absolute atomic E-state index is 0.103. The van der Waals surface area contributed by atoms with Crippen LogP contribution in [0.5, 0.6) is 0 Å². The molecule has 3 heteroatoms. The van der Waals surface area contributed by atoms with Crippen molar-refractivity contribution in [2.24, 2.45) is 0 Å². The Hall–Kier alpha value is -0.120. The lowest BCUT2D eigenvalue weighted by molar-refractivity contribution is -0.0289. The lowest BCUT2D eigenvalue weighted by Crippen LogP contribution is -2.44. The van der Waals surface area contributed by atoms with E-state index >= 15 is 0 Å². The van der Waals surface area contributed by atoms with Crippen molar-refractivity contribution in [2.45, 2.75) is 37.8 Å². The van der Waals surface area contributed by atoms with E-state index in [9.17, 15) is 0 Å². The van der Waals surface area contributed by atoms with Gasteiger partial charge in [0.2, 0.25) is 0 Å². The third-order valence-electron chi connectivity index (χ3n) is 3.36. The fourth-order valence-corrected chi connectivity index (χ4v) is 2.57. The average molecular weight is 198 g/mol. The van der Waals surface area contributed by atoms with Gasteiger partial charge in [-0.25, -0.2) is 0 Å². The highest BCUT2D eigenvalue weighted by Gasteiger charge is 2.43. The molecule has 1 saturated carbocycles. The van der Waals surface area contributed by atoms with E-state index in [2.05, 4.69) is 17.1 Å². The maximum Gasteiger partial charge on any atom is 0.0944 e. The summed E-state index contributed by atoms with van der Waals surface area (Å²) in [4.78, 5) is 2.60. The Kier molecular flexibility index (Phi) is 3.10. The second-order valence-electron chi connectivity index (χ2n) is 4.60. The molecule has 2 rings (SSSR count). The average Bonchev–Trinajstić information content (AvgIpc) is 2.92. The zero-order valence-electron chi connectivity index (χ0n) is 9.38. The fourth-order valence-electron chi connectivity index (χ4n) is 2.57. The first kappa shape index (κ1) is 10.4. The van der Waals surface area contributed by atoms with Gasteiger partial charge >= 0.3 is 0 Å². The highest BCUT2D eigenvalue weighted by Crippen LogP contribution is 2.34. The zero-order chi connectivity index (χ0) is 10.0. The van der Waals surface area contributed by atoms with Crippen molar-refractivity contribution in [3.05, 3.63) is 0 Å². The Morgan fingerprint density at radius 2 is 2.29 bits per heavy atom. The van der Waals surface area contributed by atoms with Crippen molar-refractivity contribution in [3.63, 3.8) is 0 Å². The summed E-state index contributed by atoms with van der Waals surface area (Å²) in [5.41, 5.74) is 0.103. The van der Waals surface area contributed by atoms with E-state index in [1.807, 2.05) is 7.05 Å². The van der Waals surface area contributed by atoms with Gasteiger partial charge in [0.25, 0.3) is 0 Å². The molecule has 0 bridgehead atoms. The normalized spacial score (nSPS) is 33.9. The Balaban J connectivity index is 1.91. The van der Waals surface area contributed by atoms with Gasteiger partial charge in [-0.1, -0.05) is 0 Å². The predicted molar refractivity (Wildman–Crippen MR) is 57.5 cm³/mol. The summed E-state index contributed by atoms with van der Waals surface area (Å²) in [7, 11) is 2.01. The van der Waals surface area contributed by atoms with Gasteiger partial charge in [0, 0.05) is 32.3 Å². The van der Waals surface area contributed by atoms with Gasteiger partial charge in [0.15, 0.2) is 0 Å². The molecule has 1 N–H and O–H groups in total. The van der Waals surface area contributed by atoms with Crippen molar-refractivity contribution in [2.75, 3.05) is 33.3 Å². The van der Waals surface area contributed by atoms with Crippen LogP contribution in [0, 0.1) is 0 Å². The quantitative estimate of drug-likeness (QED) is 0.709. The number of rotatable bonds is 5. The van der Waals surface area contributed by atoms with Crippen LogP contribution in [0.4, 0.5) is 0 Å². The molecule has 0 aromatic heterocycles. The number of hydrogen-bond acceptors (Lipinski definition) is 3. The first-order chi connectivity index (χ1) is 6.79. The SMILES string of the molecule is CCOC1(CNC)CCN(C2CC2)C1. The van der Waals surface area contributed by atoms with Crippen molar-refractivity contribution < 1.29 is 4.74 Å². The van der Waals surface area contributed by atoms with Gasteiger partial charge in [-0.05, 0) is 33.2 Å². The van der Waals surface area contributed by atoms with Crippen LogP contribution in [0.1, 0.15) is 26.2 Å². The van der Waals surface area contributed by atoms with Crippen LogP contribution in [0.25, 0.3) is 0 Å². The smallest absolute Gasteiger partial charge is 0.0944 e. The van der Waals surface area contributed by atoms with Gasteiger partial charge in [0.05, 0.1) is 5.60 Å². The van der Waals surface area contributed by atoms with Crippen LogP contribution in [-0.2, 0) is 4.74 Å². The highest BCUT2D eigenvalue weighted by molar-refractivity contribution is 4.98. The molecule has 0 amide bonds. The summed E-state index contributed by atoms with van der Waals surface area (Å²) in [5, 5.41) is 3.26. The molecule has 1 aliphatic carbocycles. The predicted octanol–water partition coefficient (Wildman–Crippen LogP) is 0.849. The van der Waals surface area contributed by atoms with E-state index in [1.165, 1.54) is 25.8 Å². The molecular weight excluding hydrogens is 176 g/mol. The molecule has 1 atom stereocenters. The molecule has 3 nitrogen and oxygen atoms in total. The summed E-state index contributed by atoms with van der Waals surface area (Å²) in [5.74, 6) is 0. The van der Waals surface area contributed by atoms with E-state index < -0.39 is 0 Å². The lowest BCUT2D eigenvalue weighted by Gasteiger charge is -2.29. The summed E-state index contributed by atoms with van der Waals surface area (Å²) in [6, 6.07) is 0.884. The summed E-state index contributed by atoms with van der Waals surface area (Å²) in [6.45, 7) is 6.28. The molecule has 0 aromatic carbocycles. The van der Waals surface area contributed by atoms with Gasteiger partial charge in [-0.2, -0.15) is 0 Å². The summed E-state index contributed by atoms with van der Waals surface area (Å²) >= 11 is 0. The van der Waals surface area contributed by atoms with Crippen LogP contribution >= 0.6 is 0 Å². The number of likely N-dealkylation sites (tertiary alicyclic amines) is 1.